The first-order valence-electron chi connectivity index (χ1n) is 8.51. The number of aryl methyl sites for hydroxylation is 1. The molecule has 6 nitrogen and oxygen atoms in total. The SMILES string of the molecule is COc1ccc(OCCNc2nc(C)cc(Nc3ccc(F)cc3)n2)cc1. The Balaban J connectivity index is 1.53. The number of aromatic nitrogens is 2. The van der Waals surface area contributed by atoms with Crippen LogP contribution >= 0.6 is 0 Å². The molecule has 0 fully saturated rings. The molecule has 0 aliphatic rings. The normalized spacial score (nSPS) is 10.3. The van der Waals surface area contributed by atoms with Crippen LogP contribution < -0.4 is 20.1 Å². The lowest BCUT2D eigenvalue weighted by Gasteiger charge is -2.11. The van der Waals surface area contributed by atoms with Crippen LogP contribution in [-0.4, -0.2) is 30.2 Å². The highest BCUT2D eigenvalue weighted by molar-refractivity contribution is 5.57. The molecule has 0 unspecified atom stereocenters. The van der Waals surface area contributed by atoms with Gasteiger partial charge >= 0.3 is 0 Å². The maximum Gasteiger partial charge on any atom is 0.224 e. The Morgan fingerprint density at radius 3 is 2.37 bits per heavy atom. The maximum atomic E-state index is 13.0. The molecule has 0 amide bonds. The van der Waals surface area contributed by atoms with Crippen LogP contribution in [0.25, 0.3) is 0 Å². The van der Waals surface area contributed by atoms with Gasteiger partial charge in [0, 0.05) is 17.4 Å². The van der Waals surface area contributed by atoms with Crippen molar-refractivity contribution in [2.24, 2.45) is 0 Å². The van der Waals surface area contributed by atoms with Gasteiger partial charge in [-0.2, -0.15) is 4.98 Å². The predicted molar refractivity (Wildman–Crippen MR) is 103 cm³/mol. The highest BCUT2D eigenvalue weighted by Crippen LogP contribution is 2.18. The first-order chi connectivity index (χ1) is 13.1. The second-order valence-corrected chi connectivity index (χ2v) is 5.80. The molecule has 3 rings (SSSR count). The van der Waals surface area contributed by atoms with Crippen molar-refractivity contribution in [3.63, 3.8) is 0 Å². The molecule has 0 saturated carbocycles. The number of hydrogen-bond donors (Lipinski definition) is 2. The Kier molecular flexibility index (Phi) is 6.04. The molecule has 1 heterocycles. The van der Waals surface area contributed by atoms with Crippen LogP contribution in [-0.2, 0) is 0 Å². The molecule has 0 atom stereocenters. The van der Waals surface area contributed by atoms with E-state index in [0.717, 1.165) is 22.9 Å². The van der Waals surface area contributed by atoms with E-state index in [1.807, 2.05) is 37.3 Å². The Labute approximate surface area is 157 Å². The largest absolute Gasteiger partial charge is 0.497 e. The number of methoxy groups -OCH3 is 1. The van der Waals surface area contributed by atoms with Gasteiger partial charge in [0.15, 0.2) is 0 Å². The summed E-state index contributed by atoms with van der Waals surface area (Å²) in [5.41, 5.74) is 1.57. The van der Waals surface area contributed by atoms with Gasteiger partial charge in [-0.05, 0) is 55.5 Å². The summed E-state index contributed by atoms with van der Waals surface area (Å²) in [6.45, 7) is 2.90. The molecule has 0 bridgehead atoms. The standard InChI is InChI=1S/C20H21FN4O2/c1-14-13-19(24-16-5-3-15(21)4-6-16)25-20(23-14)22-11-12-27-18-9-7-17(26-2)8-10-18/h3-10,13H,11-12H2,1-2H3,(H2,22,23,24,25). The number of nitrogens with zero attached hydrogens (tertiary/aromatic N) is 2. The summed E-state index contributed by atoms with van der Waals surface area (Å²) in [6, 6.07) is 15.3. The monoisotopic (exact) mass is 368 g/mol. The third-order valence-electron chi connectivity index (χ3n) is 3.68. The van der Waals surface area contributed by atoms with Gasteiger partial charge in [-0.3, -0.25) is 0 Å². The molecule has 0 saturated heterocycles. The lowest BCUT2D eigenvalue weighted by atomic mass is 10.3. The molecule has 0 spiro atoms. The Hall–Kier alpha value is -3.35. The molecular formula is C20H21FN4O2. The molecular weight excluding hydrogens is 347 g/mol. The van der Waals surface area contributed by atoms with Crippen LogP contribution in [0.1, 0.15) is 5.69 Å². The molecule has 1 aromatic heterocycles. The van der Waals surface area contributed by atoms with Crippen molar-refractivity contribution in [1.82, 2.24) is 9.97 Å². The van der Waals surface area contributed by atoms with E-state index in [1.165, 1.54) is 12.1 Å². The molecule has 0 radical (unpaired) electrons. The van der Waals surface area contributed by atoms with E-state index in [2.05, 4.69) is 20.6 Å². The molecule has 140 valence electrons. The number of rotatable bonds is 8. The van der Waals surface area contributed by atoms with E-state index in [-0.39, 0.29) is 5.82 Å². The van der Waals surface area contributed by atoms with Crippen LogP contribution in [0.2, 0.25) is 0 Å². The second kappa shape index (κ2) is 8.84. The number of benzene rings is 2. The van der Waals surface area contributed by atoms with Gasteiger partial charge in [-0.15, -0.1) is 0 Å². The predicted octanol–water partition coefficient (Wildman–Crippen LogP) is 4.17. The summed E-state index contributed by atoms with van der Waals surface area (Å²) in [5, 5.41) is 6.28. The van der Waals surface area contributed by atoms with Crippen LogP contribution in [0.3, 0.4) is 0 Å². The third kappa shape index (κ3) is 5.57. The summed E-state index contributed by atoms with van der Waals surface area (Å²) >= 11 is 0. The zero-order valence-corrected chi connectivity index (χ0v) is 15.2. The zero-order chi connectivity index (χ0) is 19.1. The van der Waals surface area contributed by atoms with Gasteiger partial charge in [-0.1, -0.05) is 0 Å². The molecule has 0 aliphatic heterocycles. The summed E-state index contributed by atoms with van der Waals surface area (Å²) < 4.78 is 23.8. The average molecular weight is 368 g/mol. The van der Waals surface area contributed by atoms with Gasteiger partial charge in [0.05, 0.1) is 13.7 Å². The van der Waals surface area contributed by atoms with Crippen molar-refractivity contribution in [3.05, 3.63) is 66.1 Å². The quantitative estimate of drug-likeness (QED) is 0.582. The minimum Gasteiger partial charge on any atom is -0.497 e. The topological polar surface area (TPSA) is 68.3 Å². The van der Waals surface area contributed by atoms with E-state index in [4.69, 9.17) is 9.47 Å². The van der Waals surface area contributed by atoms with Crippen molar-refractivity contribution in [2.75, 3.05) is 30.9 Å². The first-order valence-corrected chi connectivity index (χ1v) is 8.51. The van der Waals surface area contributed by atoms with Crippen LogP contribution in [0, 0.1) is 12.7 Å². The molecule has 3 aromatic rings. The molecule has 27 heavy (non-hydrogen) atoms. The minimum atomic E-state index is -0.279. The van der Waals surface area contributed by atoms with E-state index >= 15 is 0 Å². The van der Waals surface area contributed by atoms with Crippen molar-refractivity contribution >= 4 is 17.5 Å². The smallest absolute Gasteiger partial charge is 0.224 e. The molecule has 2 N–H and O–H groups in total. The number of nitrogens with one attached hydrogen (secondary N) is 2. The van der Waals surface area contributed by atoms with E-state index in [0.29, 0.717) is 24.9 Å². The van der Waals surface area contributed by atoms with E-state index in [9.17, 15) is 4.39 Å². The first kappa shape index (κ1) is 18.4. The minimum absolute atomic E-state index is 0.279. The van der Waals surface area contributed by atoms with Crippen molar-refractivity contribution < 1.29 is 13.9 Å². The Morgan fingerprint density at radius 2 is 1.67 bits per heavy atom. The third-order valence-corrected chi connectivity index (χ3v) is 3.68. The number of halogens is 1. The van der Waals surface area contributed by atoms with Gasteiger partial charge in [0.1, 0.15) is 29.7 Å². The second-order valence-electron chi connectivity index (χ2n) is 5.80. The van der Waals surface area contributed by atoms with Gasteiger partial charge < -0.3 is 20.1 Å². The average Bonchev–Trinajstić information content (AvgIpc) is 2.67. The van der Waals surface area contributed by atoms with Crippen LogP contribution in [0.5, 0.6) is 11.5 Å². The van der Waals surface area contributed by atoms with Crippen LogP contribution in [0.15, 0.2) is 54.6 Å². The molecule has 0 aliphatic carbocycles. The number of anilines is 3. The fourth-order valence-electron chi connectivity index (χ4n) is 2.40. The van der Waals surface area contributed by atoms with Crippen LogP contribution in [0.4, 0.5) is 21.8 Å². The fourth-order valence-corrected chi connectivity index (χ4v) is 2.40. The number of hydrogen-bond acceptors (Lipinski definition) is 6. The van der Waals surface area contributed by atoms with Gasteiger partial charge in [0.25, 0.3) is 0 Å². The Bertz CT molecular complexity index is 870. The highest BCUT2D eigenvalue weighted by Gasteiger charge is 2.03. The number of ether oxygens (including phenoxy) is 2. The van der Waals surface area contributed by atoms with E-state index < -0.39 is 0 Å². The maximum absolute atomic E-state index is 13.0. The zero-order valence-electron chi connectivity index (χ0n) is 15.2. The van der Waals surface area contributed by atoms with Crippen molar-refractivity contribution in [1.29, 1.82) is 0 Å². The molecule has 7 heteroatoms. The lowest BCUT2D eigenvalue weighted by molar-refractivity contribution is 0.331. The van der Waals surface area contributed by atoms with Crippen molar-refractivity contribution in [2.45, 2.75) is 6.92 Å². The van der Waals surface area contributed by atoms with Crippen molar-refractivity contribution in [3.8, 4) is 11.5 Å². The fraction of sp³-hybridized carbons (Fsp3) is 0.200. The summed E-state index contributed by atoms with van der Waals surface area (Å²) in [4.78, 5) is 8.78. The van der Waals surface area contributed by atoms with Gasteiger partial charge in [0.2, 0.25) is 5.95 Å². The molecule has 2 aromatic carbocycles. The summed E-state index contributed by atoms with van der Waals surface area (Å²) in [6.07, 6.45) is 0. The van der Waals surface area contributed by atoms with Gasteiger partial charge in [-0.25, -0.2) is 9.37 Å². The summed E-state index contributed by atoms with van der Waals surface area (Å²) in [7, 11) is 1.63. The summed E-state index contributed by atoms with van der Waals surface area (Å²) in [5.74, 6) is 2.40. The Morgan fingerprint density at radius 1 is 0.963 bits per heavy atom. The highest BCUT2D eigenvalue weighted by atomic mass is 19.1. The lowest BCUT2D eigenvalue weighted by Crippen LogP contribution is -2.14. The van der Waals surface area contributed by atoms with E-state index in [1.54, 1.807) is 19.2 Å².